The Bertz CT molecular complexity index is 714. The Morgan fingerprint density at radius 1 is 1.23 bits per heavy atom. The van der Waals surface area contributed by atoms with Crippen molar-refractivity contribution in [2.24, 2.45) is 0 Å². The first kappa shape index (κ1) is 14.9. The van der Waals surface area contributed by atoms with Gasteiger partial charge in [-0.3, -0.25) is 0 Å². The molecule has 1 atom stereocenters. The Morgan fingerprint density at radius 3 is 2.77 bits per heavy atom. The highest BCUT2D eigenvalue weighted by atomic mass is 35.5. The van der Waals surface area contributed by atoms with Crippen LogP contribution in [0, 0.1) is 11.3 Å². The van der Waals surface area contributed by atoms with E-state index in [1.54, 1.807) is 24.4 Å². The summed E-state index contributed by atoms with van der Waals surface area (Å²) in [6, 6.07) is 7.20. The molecule has 0 amide bonds. The fourth-order valence-electron chi connectivity index (χ4n) is 2.32. The lowest BCUT2D eigenvalue weighted by Gasteiger charge is -2.17. The van der Waals surface area contributed by atoms with Gasteiger partial charge in [-0.15, -0.1) is 0 Å². The Balaban J connectivity index is 1.64. The molecule has 112 valence electrons. The van der Waals surface area contributed by atoms with Crippen LogP contribution in [0.4, 0.5) is 5.82 Å². The second kappa shape index (κ2) is 6.39. The predicted molar refractivity (Wildman–Crippen MR) is 84.5 cm³/mol. The van der Waals surface area contributed by atoms with E-state index in [-0.39, 0.29) is 6.10 Å². The summed E-state index contributed by atoms with van der Waals surface area (Å²) in [5, 5.41) is 9.72. The molecule has 1 aromatic carbocycles. The van der Waals surface area contributed by atoms with Gasteiger partial charge in [-0.05, 0) is 12.1 Å². The smallest absolute Gasteiger partial charge is 0.158 e. The number of halogens is 2. The Morgan fingerprint density at radius 2 is 2.09 bits per heavy atom. The van der Waals surface area contributed by atoms with Gasteiger partial charge in [0, 0.05) is 19.0 Å². The van der Waals surface area contributed by atoms with Crippen LogP contribution in [0.15, 0.2) is 30.6 Å². The van der Waals surface area contributed by atoms with Gasteiger partial charge in [-0.2, -0.15) is 5.26 Å². The third-order valence-electron chi connectivity index (χ3n) is 3.42. The molecule has 1 unspecified atom stereocenters. The topological polar surface area (TPSA) is 62.0 Å². The molecule has 1 aromatic heterocycles. The second-order valence-corrected chi connectivity index (χ2v) is 5.74. The first-order valence-corrected chi connectivity index (χ1v) is 7.50. The van der Waals surface area contributed by atoms with E-state index < -0.39 is 0 Å². The molecule has 0 spiro atoms. The fourth-order valence-corrected chi connectivity index (χ4v) is 2.61. The van der Waals surface area contributed by atoms with Crippen molar-refractivity contribution in [2.75, 3.05) is 18.0 Å². The maximum Gasteiger partial charge on any atom is 0.158 e. The largest absolute Gasteiger partial charge is 0.488 e. The average molecular weight is 335 g/mol. The van der Waals surface area contributed by atoms with Gasteiger partial charge >= 0.3 is 0 Å². The minimum Gasteiger partial charge on any atom is -0.488 e. The van der Waals surface area contributed by atoms with Crippen LogP contribution in [0.1, 0.15) is 12.1 Å². The summed E-state index contributed by atoms with van der Waals surface area (Å²) >= 11 is 11.9. The lowest BCUT2D eigenvalue weighted by Crippen LogP contribution is -2.25. The predicted octanol–water partition coefficient (Wildman–Crippen LogP) is 3.31. The molecular formula is C15H12Cl2N4O. The Hall–Kier alpha value is -2.03. The summed E-state index contributed by atoms with van der Waals surface area (Å²) in [7, 11) is 0. The van der Waals surface area contributed by atoms with Crippen LogP contribution in [0.3, 0.4) is 0 Å². The third kappa shape index (κ3) is 3.24. The molecule has 0 radical (unpaired) electrons. The minimum atomic E-state index is 0.0506. The Kier molecular flexibility index (Phi) is 4.32. The van der Waals surface area contributed by atoms with E-state index in [1.165, 1.54) is 6.20 Å². The van der Waals surface area contributed by atoms with Crippen LogP contribution in [0.25, 0.3) is 0 Å². The number of rotatable bonds is 3. The SMILES string of the molecule is N#Cc1cnc(N2CCC(Oc3ccc(Cl)c(Cl)c3)C2)cn1. The van der Waals surface area contributed by atoms with E-state index in [0.717, 1.165) is 18.8 Å². The highest BCUT2D eigenvalue weighted by Gasteiger charge is 2.25. The molecule has 2 aromatic rings. The van der Waals surface area contributed by atoms with Crippen LogP contribution >= 0.6 is 23.2 Å². The van der Waals surface area contributed by atoms with E-state index in [0.29, 0.717) is 28.0 Å². The summed E-state index contributed by atoms with van der Waals surface area (Å²) in [5.41, 5.74) is 0.312. The first-order valence-electron chi connectivity index (χ1n) is 6.74. The molecule has 0 bridgehead atoms. The van der Waals surface area contributed by atoms with Crippen LogP contribution in [0.5, 0.6) is 5.75 Å². The van der Waals surface area contributed by atoms with Gasteiger partial charge in [0.1, 0.15) is 23.7 Å². The molecule has 1 fully saturated rings. The number of nitriles is 1. The van der Waals surface area contributed by atoms with E-state index in [1.807, 2.05) is 6.07 Å². The molecule has 7 heteroatoms. The fraction of sp³-hybridized carbons (Fsp3) is 0.267. The van der Waals surface area contributed by atoms with Crippen molar-refractivity contribution >= 4 is 29.0 Å². The van der Waals surface area contributed by atoms with Crippen molar-refractivity contribution in [1.29, 1.82) is 5.26 Å². The maximum absolute atomic E-state index is 8.74. The first-order chi connectivity index (χ1) is 10.7. The number of aromatic nitrogens is 2. The van der Waals surface area contributed by atoms with E-state index in [2.05, 4.69) is 14.9 Å². The molecule has 1 saturated heterocycles. The van der Waals surface area contributed by atoms with Crippen molar-refractivity contribution in [2.45, 2.75) is 12.5 Å². The minimum absolute atomic E-state index is 0.0506. The number of hydrogen-bond acceptors (Lipinski definition) is 5. The Labute approximate surface area is 138 Å². The lowest BCUT2D eigenvalue weighted by atomic mass is 10.3. The summed E-state index contributed by atoms with van der Waals surface area (Å²) in [5.74, 6) is 1.45. The second-order valence-electron chi connectivity index (χ2n) is 4.92. The zero-order valence-electron chi connectivity index (χ0n) is 11.5. The molecule has 2 heterocycles. The van der Waals surface area contributed by atoms with Gasteiger partial charge < -0.3 is 9.64 Å². The van der Waals surface area contributed by atoms with Crippen molar-refractivity contribution in [3.8, 4) is 11.8 Å². The zero-order chi connectivity index (χ0) is 15.5. The van der Waals surface area contributed by atoms with E-state index >= 15 is 0 Å². The van der Waals surface area contributed by atoms with Crippen molar-refractivity contribution in [1.82, 2.24) is 9.97 Å². The van der Waals surface area contributed by atoms with Gasteiger partial charge in [0.2, 0.25) is 0 Å². The molecule has 1 aliphatic heterocycles. The van der Waals surface area contributed by atoms with Crippen LogP contribution in [0.2, 0.25) is 10.0 Å². The maximum atomic E-state index is 8.74. The molecular weight excluding hydrogens is 323 g/mol. The highest BCUT2D eigenvalue weighted by molar-refractivity contribution is 6.42. The average Bonchev–Trinajstić information content (AvgIpc) is 2.99. The molecule has 0 N–H and O–H groups in total. The normalized spacial score (nSPS) is 17.3. The molecule has 0 aliphatic carbocycles. The molecule has 22 heavy (non-hydrogen) atoms. The van der Waals surface area contributed by atoms with Crippen molar-refractivity contribution < 1.29 is 4.74 Å². The molecule has 0 saturated carbocycles. The van der Waals surface area contributed by atoms with Gasteiger partial charge in [0.25, 0.3) is 0 Å². The van der Waals surface area contributed by atoms with Gasteiger partial charge in [0.05, 0.1) is 29.0 Å². The molecule has 3 rings (SSSR count). The van der Waals surface area contributed by atoms with Gasteiger partial charge in [-0.25, -0.2) is 9.97 Å². The highest BCUT2D eigenvalue weighted by Crippen LogP contribution is 2.28. The summed E-state index contributed by atoms with van der Waals surface area (Å²) < 4.78 is 5.92. The van der Waals surface area contributed by atoms with Crippen LogP contribution < -0.4 is 9.64 Å². The van der Waals surface area contributed by atoms with Crippen LogP contribution in [-0.2, 0) is 0 Å². The summed E-state index contributed by atoms with van der Waals surface area (Å²) in [4.78, 5) is 10.4. The number of benzene rings is 1. The lowest BCUT2D eigenvalue weighted by molar-refractivity contribution is 0.225. The number of anilines is 1. The number of ether oxygens (including phenoxy) is 1. The molecule has 1 aliphatic rings. The summed E-state index contributed by atoms with van der Waals surface area (Å²) in [6.07, 6.45) is 4.01. The van der Waals surface area contributed by atoms with Gasteiger partial charge in [0.15, 0.2) is 5.69 Å². The number of nitrogens with zero attached hydrogens (tertiary/aromatic N) is 4. The number of hydrogen-bond donors (Lipinski definition) is 0. The van der Waals surface area contributed by atoms with Crippen molar-refractivity contribution in [3.05, 3.63) is 46.3 Å². The zero-order valence-corrected chi connectivity index (χ0v) is 13.1. The summed E-state index contributed by atoms with van der Waals surface area (Å²) in [6.45, 7) is 1.54. The molecule has 5 nitrogen and oxygen atoms in total. The van der Waals surface area contributed by atoms with E-state index in [9.17, 15) is 0 Å². The standard InChI is InChI=1S/C15H12Cl2N4O/c16-13-2-1-11(5-14(13)17)22-12-3-4-21(9-12)15-8-19-10(6-18)7-20-15/h1-2,5,7-8,12H,3-4,9H2. The quantitative estimate of drug-likeness (QED) is 0.861. The van der Waals surface area contributed by atoms with Gasteiger partial charge in [-0.1, -0.05) is 23.2 Å². The van der Waals surface area contributed by atoms with Crippen LogP contribution in [-0.4, -0.2) is 29.2 Å². The third-order valence-corrected chi connectivity index (χ3v) is 4.15. The van der Waals surface area contributed by atoms with E-state index in [4.69, 9.17) is 33.2 Å². The monoisotopic (exact) mass is 334 g/mol. The van der Waals surface area contributed by atoms with Crippen molar-refractivity contribution in [3.63, 3.8) is 0 Å².